The van der Waals surface area contributed by atoms with Crippen molar-refractivity contribution in [1.29, 1.82) is 0 Å². The van der Waals surface area contributed by atoms with E-state index in [9.17, 15) is 9.59 Å². The van der Waals surface area contributed by atoms with E-state index in [0.29, 0.717) is 10.9 Å². The lowest BCUT2D eigenvalue weighted by atomic mass is 9.96. The van der Waals surface area contributed by atoms with Gasteiger partial charge in [-0.2, -0.15) is 0 Å². The maximum Gasteiger partial charge on any atom is 0.321 e. The smallest absolute Gasteiger partial charge is 0.321 e. The van der Waals surface area contributed by atoms with E-state index in [2.05, 4.69) is 29.8 Å². The van der Waals surface area contributed by atoms with Gasteiger partial charge in [0.05, 0.1) is 6.54 Å². The Labute approximate surface area is 154 Å². The molecule has 2 rings (SSSR count). The highest BCUT2D eigenvalue weighted by Crippen LogP contribution is 2.23. The Morgan fingerprint density at radius 3 is 2.36 bits per heavy atom. The summed E-state index contributed by atoms with van der Waals surface area (Å²) in [6.45, 7) is 4.25. The van der Waals surface area contributed by atoms with Crippen molar-refractivity contribution in [2.75, 3.05) is 6.54 Å². The summed E-state index contributed by atoms with van der Waals surface area (Å²) in [5.41, 5.74) is 1.07. The number of carbonyl (C=O) groups excluding carboxylic acids is 2. The first-order chi connectivity index (χ1) is 12.0. The molecule has 1 aromatic carbocycles. The van der Waals surface area contributed by atoms with Gasteiger partial charge in [0.1, 0.15) is 0 Å². The van der Waals surface area contributed by atoms with Crippen molar-refractivity contribution >= 4 is 23.5 Å². The maximum atomic E-state index is 12.1. The summed E-state index contributed by atoms with van der Waals surface area (Å²) in [6, 6.07) is 7.39. The molecular weight excluding hydrogens is 338 g/mol. The molecule has 1 saturated carbocycles. The van der Waals surface area contributed by atoms with E-state index in [0.717, 1.165) is 31.2 Å². The van der Waals surface area contributed by atoms with E-state index < -0.39 is 6.03 Å². The molecule has 0 saturated heterocycles. The van der Waals surface area contributed by atoms with Gasteiger partial charge >= 0.3 is 6.03 Å². The molecule has 25 heavy (non-hydrogen) atoms. The van der Waals surface area contributed by atoms with Crippen LogP contribution in [0.5, 0.6) is 0 Å². The molecule has 0 heterocycles. The van der Waals surface area contributed by atoms with Gasteiger partial charge in [0.15, 0.2) is 0 Å². The van der Waals surface area contributed by atoms with Gasteiger partial charge < -0.3 is 10.6 Å². The topological polar surface area (TPSA) is 70.2 Å². The molecule has 0 spiro atoms. The summed E-state index contributed by atoms with van der Waals surface area (Å²) in [7, 11) is 0. The summed E-state index contributed by atoms with van der Waals surface area (Å²) >= 11 is 5.93. The summed E-state index contributed by atoms with van der Waals surface area (Å²) in [4.78, 5) is 24.0. The molecule has 1 aliphatic carbocycles. The number of halogens is 1. The average Bonchev–Trinajstić information content (AvgIpc) is 2.57. The van der Waals surface area contributed by atoms with Gasteiger partial charge in [-0.05, 0) is 36.5 Å². The van der Waals surface area contributed by atoms with E-state index in [1.807, 2.05) is 24.3 Å². The van der Waals surface area contributed by atoms with Gasteiger partial charge in [0.25, 0.3) is 0 Å². The van der Waals surface area contributed by atoms with Crippen LogP contribution in [0.3, 0.4) is 0 Å². The molecule has 3 amide bonds. The predicted octanol–water partition coefficient (Wildman–Crippen LogP) is 3.79. The molecule has 1 aliphatic rings. The van der Waals surface area contributed by atoms with Crippen LogP contribution in [0.2, 0.25) is 5.02 Å². The van der Waals surface area contributed by atoms with E-state index in [1.165, 1.54) is 6.42 Å². The van der Waals surface area contributed by atoms with Crippen LogP contribution in [0.1, 0.15) is 57.6 Å². The highest BCUT2D eigenvalue weighted by Gasteiger charge is 2.19. The van der Waals surface area contributed by atoms with Crippen molar-refractivity contribution in [1.82, 2.24) is 16.0 Å². The van der Waals surface area contributed by atoms with E-state index in [4.69, 9.17) is 11.6 Å². The number of hydrogen-bond acceptors (Lipinski definition) is 3. The van der Waals surface area contributed by atoms with Gasteiger partial charge in [-0.1, -0.05) is 56.8 Å². The number of imide groups is 1. The van der Waals surface area contributed by atoms with Crippen LogP contribution in [0, 0.1) is 5.92 Å². The summed E-state index contributed by atoms with van der Waals surface area (Å²) in [6.07, 6.45) is 5.48. The maximum absolute atomic E-state index is 12.1. The van der Waals surface area contributed by atoms with E-state index in [-0.39, 0.29) is 24.5 Å². The van der Waals surface area contributed by atoms with Crippen LogP contribution in [-0.2, 0) is 4.79 Å². The third-order valence-corrected chi connectivity index (χ3v) is 4.82. The number of hydrogen-bond donors (Lipinski definition) is 3. The molecular formula is C19H28ClN3O2. The second-order valence-electron chi connectivity index (χ2n) is 7.01. The van der Waals surface area contributed by atoms with Crippen molar-refractivity contribution in [3.63, 3.8) is 0 Å². The number of benzene rings is 1. The molecule has 1 aromatic rings. The molecule has 1 atom stereocenters. The fraction of sp³-hybridized carbons (Fsp3) is 0.579. The van der Waals surface area contributed by atoms with Gasteiger partial charge in [-0.15, -0.1) is 0 Å². The number of amides is 3. The molecule has 5 nitrogen and oxygen atoms in total. The Balaban J connectivity index is 1.80. The van der Waals surface area contributed by atoms with Crippen molar-refractivity contribution in [2.24, 2.45) is 5.92 Å². The minimum atomic E-state index is -0.397. The average molecular weight is 366 g/mol. The number of carbonyl (C=O) groups is 2. The lowest BCUT2D eigenvalue weighted by Crippen LogP contribution is -2.47. The van der Waals surface area contributed by atoms with E-state index in [1.54, 1.807) is 0 Å². The van der Waals surface area contributed by atoms with Gasteiger partial charge in [-0.25, -0.2) is 4.79 Å². The van der Waals surface area contributed by atoms with Crippen molar-refractivity contribution in [2.45, 2.75) is 58.0 Å². The molecule has 0 aliphatic heterocycles. The van der Waals surface area contributed by atoms with Crippen LogP contribution in [-0.4, -0.2) is 24.5 Å². The quantitative estimate of drug-likeness (QED) is 0.718. The fourth-order valence-electron chi connectivity index (χ4n) is 3.25. The van der Waals surface area contributed by atoms with Crippen molar-refractivity contribution < 1.29 is 9.59 Å². The third-order valence-electron chi connectivity index (χ3n) is 4.57. The van der Waals surface area contributed by atoms with Gasteiger partial charge in [-0.3, -0.25) is 10.1 Å². The van der Waals surface area contributed by atoms with E-state index >= 15 is 0 Å². The lowest BCUT2D eigenvalue weighted by molar-refractivity contribution is -0.119. The van der Waals surface area contributed by atoms with Crippen LogP contribution in [0.15, 0.2) is 24.3 Å². The molecule has 3 N–H and O–H groups in total. The first-order valence-electron chi connectivity index (χ1n) is 9.05. The van der Waals surface area contributed by atoms with Crippen LogP contribution in [0.25, 0.3) is 0 Å². The van der Waals surface area contributed by atoms with Gasteiger partial charge in [0, 0.05) is 17.1 Å². The zero-order valence-corrected chi connectivity index (χ0v) is 15.7. The highest BCUT2D eigenvalue weighted by molar-refractivity contribution is 6.30. The third kappa shape index (κ3) is 6.67. The first-order valence-corrected chi connectivity index (χ1v) is 9.42. The Morgan fingerprint density at radius 1 is 1.12 bits per heavy atom. The summed E-state index contributed by atoms with van der Waals surface area (Å²) in [5.74, 6) is -0.0297. The minimum absolute atomic E-state index is 0.0180. The summed E-state index contributed by atoms with van der Waals surface area (Å²) < 4.78 is 0. The van der Waals surface area contributed by atoms with Crippen LogP contribution in [0.4, 0.5) is 4.79 Å². The van der Waals surface area contributed by atoms with Gasteiger partial charge in [0.2, 0.25) is 5.91 Å². The summed E-state index contributed by atoms with van der Waals surface area (Å²) in [5, 5.41) is 9.21. The number of nitrogens with one attached hydrogen (secondary N) is 3. The molecule has 1 fully saturated rings. The largest absolute Gasteiger partial charge is 0.335 e. The standard InChI is InChI=1S/C19H28ClN3O2/c1-13(2)18(14-8-10-15(20)11-9-14)21-12-17(24)23-19(25)22-16-6-4-3-5-7-16/h8-11,13,16,18,21H,3-7,12H2,1-2H3,(H2,22,23,24,25). The number of urea groups is 1. The monoisotopic (exact) mass is 365 g/mol. The second-order valence-corrected chi connectivity index (χ2v) is 7.45. The molecule has 0 bridgehead atoms. The molecule has 0 aromatic heterocycles. The Kier molecular flexibility index (Phi) is 7.72. The lowest BCUT2D eigenvalue weighted by Gasteiger charge is -2.24. The number of rotatable bonds is 6. The predicted molar refractivity (Wildman–Crippen MR) is 101 cm³/mol. The Morgan fingerprint density at radius 2 is 1.76 bits per heavy atom. The van der Waals surface area contributed by atoms with Crippen LogP contribution >= 0.6 is 11.6 Å². The first kappa shape index (κ1) is 19.7. The highest BCUT2D eigenvalue weighted by atomic mass is 35.5. The molecule has 1 unspecified atom stereocenters. The molecule has 0 radical (unpaired) electrons. The second kappa shape index (κ2) is 9.78. The zero-order valence-electron chi connectivity index (χ0n) is 15.0. The minimum Gasteiger partial charge on any atom is -0.335 e. The SMILES string of the molecule is CC(C)C(NCC(=O)NC(=O)NC1CCCCC1)c1ccc(Cl)cc1. The van der Waals surface area contributed by atoms with Crippen molar-refractivity contribution in [3.8, 4) is 0 Å². The Bertz CT molecular complexity index is 569. The fourth-order valence-corrected chi connectivity index (χ4v) is 3.38. The normalized spacial score (nSPS) is 16.5. The Hall–Kier alpha value is -1.59. The zero-order chi connectivity index (χ0) is 18.2. The molecule has 138 valence electrons. The van der Waals surface area contributed by atoms with Crippen LogP contribution < -0.4 is 16.0 Å². The van der Waals surface area contributed by atoms with Crippen molar-refractivity contribution in [3.05, 3.63) is 34.9 Å². The molecule has 6 heteroatoms.